The van der Waals surface area contributed by atoms with E-state index >= 15 is 0 Å². The van der Waals surface area contributed by atoms with Crippen LogP contribution in [0.4, 0.5) is 0 Å². The molecule has 0 radical (unpaired) electrons. The average molecular weight is 333 g/mol. The molecule has 3 nitrogen and oxygen atoms in total. The van der Waals surface area contributed by atoms with E-state index in [4.69, 9.17) is 7.16 Å². The Hall–Kier alpha value is -2.68. The molecule has 0 unspecified atom stereocenters. The average Bonchev–Trinajstić information content (AvgIpc) is 3.00. The molecule has 0 aliphatic carbocycles. The Morgan fingerprint density at radius 2 is 2.00 bits per heavy atom. The predicted octanol–water partition coefficient (Wildman–Crippen LogP) is 4.98. The van der Waals surface area contributed by atoms with E-state index in [-0.39, 0.29) is 5.92 Å². The summed E-state index contributed by atoms with van der Waals surface area (Å²) in [5.41, 5.74) is 5.25. The van der Waals surface area contributed by atoms with Crippen LogP contribution in [0, 0.1) is 12.8 Å². The summed E-state index contributed by atoms with van der Waals surface area (Å²) in [7, 11) is 1.95. The third-order valence-electron chi connectivity index (χ3n) is 4.47. The molecular formula is C22H23N2O+. The van der Waals surface area contributed by atoms with Gasteiger partial charge in [-0.1, -0.05) is 26.0 Å². The van der Waals surface area contributed by atoms with Gasteiger partial charge in [-0.3, -0.25) is 0 Å². The van der Waals surface area contributed by atoms with Crippen LogP contribution in [0.15, 0.2) is 53.2 Å². The minimum absolute atomic E-state index is 0.102. The predicted molar refractivity (Wildman–Crippen MR) is 101 cm³/mol. The molecule has 0 fully saturated rings. The van der Waals surface area contributed by atoms with E-state index in [1.165, 1.54) is 0 Å². The first-order chi connectivity index (χ1) is 12.8. The smallest absolute Gasteiger partial charge is 0.227 e. The lowest BCUT2D eigenvalue weighted by Gasteiger charge is -2.08. The molecule has 0 aliphatic rings. The number of fused-ring (bicyclic) bond motifs is 3. The van der Waals surface area contributed by atoms with E-state index in [2.05, 4.69) is 24.0 Å². The van der Waals surface area contributed by atoms with E-state index in [0.717, 1.165) is 33.2 Å². The minimum atomic E-state index is -1.37. The molecule has 126 valence electrons. The highest BCUT2D eigenvalue weighted by Crippen LogP contribution is 2.36. The van der Waals surface area contributed by atoms with Crippen molar-refractivity contribution in [2.75, 3.05) is 0 Å². The van der Waals surface area contributed by atoms with Crippen LogP contribution in [0.25, 0.3) is 33.3 Å². The lowest BCUT2D eigenvalue weighted by molar-refractivity contribution is -0.660. The Bertz CT molecular complexity index is 1160. The van der Waals surface area contributed by atoms with Crippen LogP contribution in [0.3, 0.4) is 0 Å². The summed E-state index contributed by atoms with van der Waals surface area (Å²) < 4.78 is 24.8. The first-order valence-corrected chi connectivity index (χ1v) is 8.58. The topological polar surface area (TPSA) is 29.9 Å². The number of aryl methyl sites for hydroxylation is 2. The van der Waals surface area contributed by atoms with Crippen molar-refractivity contribution in [1.82, 2.24) is 4.98 Å². The molecule has 3 heterocycles. The van der Waals surface area contributed by atoms with Crippen LogP contribution in [0.5, 0.6) is 0 Å². The summed E-state index contributed by atoms with van der Waals surface area (Å²) >= 11 is 0. The number of rotatable bonds is 3. The van der Waals surface area contributed by atoms with E-state index in [9.17, 15) is 0 Å². The van der Waals surface area contributed by atoms with Gasteiger partial charge in [0.15, 0.2) is 11.8 Å². The minimum Gasteiger partial charge on any atom is -0.437 e. The molecule has 1 aromatic carbocycles. The Labute approximate surface area is 150 Å². The summed E-state index contributed by atoms with van der Waals surface area (Å²) in [4.78, 5) is 4.35. The fourth-order valence-corrected chi connectivity index (χ4v) is 3.38. The van der Waals surface area contributed by atoms with Crippen LogP contribution in [-0.4, -0.2) is 4.98 Å². The molecule has 0 spiro atoms. The van der Waals surface area contributed by atoms with E-state index < -0.39 is 6.37 Å². The highest BCUT2D eigenvalue weighted by Gasteiger charge is 2.21. The SMILES string of the molecule is [2H]C([2H])(c1ccc(-c2c(C)ccc3c2oc2ncccc23)[n+](C)c1)C(C)C. The van der Waals surface area contributed by atoms with E-state index in [0.29, 0.717) is 11.3 Å². The Morgan fingerprint density at radius 3 is 2.76 bits per heavy atom. The normalized spacial score (nSPS) is 13.5. The summed E-state index contributed by atoms with van der Waals surface area (Å²) in [5, 5.41) is 2.05. The van der Waals surface area contributed by atoms with Crippen molar-refractivity contribution in [2.24, 2.45) is 13.0 Å². The monoisotopic (exact) mass is 333 g/mol. The third kappa shape index (κ3) is 2.70. The quantitative estimate of drug-likeness (QED) is 0.495. The van der Waals surface area contributed by atoms with Gasteiger partial charge < -0.3 is 4.42 Å². The van der Waals surface area contributed by atoms with Gasteiger partial charge in [0, 0.05) is 31.3 Å². The van der Waals surface area contributed by atoms with E-state index in [1.807, 2.05) is 55.9 Å². The number of nitrogens with zero attached hydrogens (tertiary/aromatic N) is 2. The zero-order valence-corrected chi connectivity index (χ0v) is 15.0. The molecule has 0 saturated carbocycles. The van der Waals surface area contributed by atoms with Crippen LogP contribution in [-0.2, 0) is 13.4 Å². The van der Waals surface area contributed by atoms with Gasteiger partial charge in [-0.25, -0.2) is 9.55 Å². The lowest BCUT2D eigenvalue weighted by atomic mass is 9.99. The van der Waals surface area contributed by atoms with Crippen molar-refractivity contribution < 1.29 is 11.7 Å². The number of hydrogen-bond acceptors (Lipinski definition) is 2. The molecule has 0 saturated heterocycles. The molecule has 0 amide bonds. The van der Waals surface area contributed by atoms with Gasteiger partial charge in [0.1, 0.15) is 7.05 Å². The zero-order valence-electron chi connectivity index (χ0n) is 17.0. The van der Waals surface area contributed by atoms with Gasteiger partial charge in [-0.05, 0) is 43.0 Å². The Morgan fingerprint density at radius 1 is 1.16 bits per heavy atom. The van der Waals surface area contributed by atoms with E-state index in [1.54, 1.807) is 6.20 Å². The van der Waals surface area contributed by atoms with Crippen LogP contribution < -0.4 is 4.57 Å². The van der Waals surface area contributed by atoms with Crippen molar-refractivity contribution in [3.05, 3.63) is 59.9 Å². The number of pyridine rings is 2. The number of hydrogen-bond donors (Lipinski definition) is 0. The first kappa shape index (κ1) is 13.6. The summed E-state index contributed by atoms with van der Waals surface area (Å²) in [6, 6.07) is 12.0. The second kappa shape index (κ2) is 5.99. The molecule has 4 aromatic rings. The molecule has 0 aliphatic heterocycles. The van der Waals surface area contributed by atoms with Crippen molar-refractivity contribution in [3.8, 4) is 11.3 Å². The van der Waals surface area contributed by atoms with Crippen LogP contribution in [0.2, 0.25) is 0 Å². The second-order valence-corrected chi connectivity index (χ2v) is 6.81. The number of benzene rings is 1. The summed E-state index contributed by atoms with van der Waals surface area (Å²) in [5.74, 6) is -0.102. The van der Waals surface area contributed by atoms with Crippen molar-refractivity contribution in [3.63, 3.8) is 0 Å². The van der Waals surface area contributed by atoms with Crippen molar-refractivity contribution >= 4 is 22.1 Å². The third-order valence-corrected chi connectivity index (χ3v) is 4.47. The fraction of sp³-hybridized carbons (Fsp3) is 0.273. The number of furan rings is 1. The van der Waals surface area contributed by atoms with Gasteiger partial charge >= 0.3 is 0 Å². The standard InChI is InChI=1S/C22H23N2O/c1-14(2)12-16-8-10-19(24(4)13-16)20-15(3)7-9-17-18-6-5-11-23-22(18)25-21(17)20/h5-11,13-14H,12H2,1-4H3/q+1/i12D2. The second-order valence-electron chi connectivity index (χ2n) is 6.81. The molecule has 0 N–H and O–H groups in total. The molecule has 0 atom stereocenters. The molecule has 3 aromatic heterocycles. The summed E-state index contributed by atoms with van der Waals surface area (Å²) in [6.07, 6.45) is 2.25. The van der Waals surface area contributed by atoms with Crippen LogP contribution in [0.1, 0.15) is 27.7 Å². The highest BCUT2D eigenvalue weighted by molar-refractivity contribution is 6.08. The molecule has 0 bridgehead atoms. The molecule has 25 heavy (non-hydrogen) atoms. The summed E-state index contributed by atoms with van der Waals surface area (Å²) in [6.45, 7) is 5.87. The molecule has 4 rings (SSSR count). The first-order valence-electron chi connectivity index (χ1n) is 9.58. The molecular weight excluding hydrogens is 308 g/mol. The highest BCUT2D eigenvalue weighted by atomic mass is 16.3. The van der Waals surface area contributed by atoms with Gasteiger partial charge in [0.25, 0.3) is 0 Å². The Balaban J connectivity index is 1.96. The fourth-order valence-electron chi connectivity index (χ4n) is 3.38. The van der Waals surface area contributed by atoms with Crippen molar-refractivity contribution in [1.29, 1.82) is 0 Å². The maximum absolute atomic E-state index is 8.37. The van der Waals surface area contributed by atoms with Gasteiger partial charge in [-0.2, -0.15) is 0 Å². The van der Waals surface area contributed by atoms with Gasteiger partial charge in [0.05, 0.1) is 5.56 Å². The van der Waals surface area contributed by atoms with Gasteiger partial charge in [-0.15, -0.1) is 0 Å². The Kier molecular flexibility index (Phi) is 3.26. The zero-order chi connectivity index (χ0) is 19.3. The number of aromatic nitrogens is 2. The maximum atomic E-state index is 8.37. The lowest BCUT2D eigenvalue weighted by Crippen LogP contribution is -2.31. The largest absolute Gasteiger partial charge is 0.437 e. The van der Waals surface area contributed by atoms with Gasteiger partial charge in [0.2, 0.25) is 11.4 Å². The van der Waals surface area contributed by atoms with Crippen molar-refractivity contribution in [2.45, 2.75) is 27.1 Å². The molecule has 3 heteroatoms. The van der Waals surface area contributed by atoms with Crippen LogP contribution >= 0.6 is 0 Å². The maximum Gasteiger partial charge on any atom is 0.227 e.